The van der Waals surface area contributed by atoms with Gasteiger partial charge in [-0.15, -0.1) is 11.3 Å². The van der Waals surface area contributed by atoms with Gasteiger partial charge in [-0.2, -0.15) is 0 Å². The predicted octanol–water partition coefficient (Wildman–Crippen LogP) is 5.51. The zero-order valence-electron chi connectivity index (χ0n) is 13.3. The van der Waals surface area contributed by atoms with Crippen LogP contribution in [0.2, 0.25) is 0 Å². The maximum absolute atomic E-state index is 3.78. The Bertz CT molecular complexity index is 371. The van der Waals surface area contributed by atoms with Gasteiger partial charge in [-0.3, -0.25) is 0 Å². The third-order valence-electron chi connectivity index (χ3n) is 4.67. The second kappa shape index (κ2) is 8.84. The highest BCUT2D eigenvalue weighted by Gasteiger charge is 2.27. The van der Waals surface area contributed by atoms with E-state index in [1.165, 1.54) is 57.8 Å². The summed E-state index contributed by atoms with van der Waals surface area (Å²) in [5.41, 5.74) is 1.67. The summed E-state index contributed by atoms with van der Waals surface area (Å²) in [6.07, 6.45) is 12.4. The molecule has 114 valence electrons. The van der Waals surface area contributed by atoms with E-state index in [0.29, 0.717) is 6.04 Å². The molecule has 0 fully saturated rings. The fourth-order valence-electron chi connectivity index (χ4n) is 3.62. The molecule has 0 spiro atoms. The molecule has 2 heteroatoms. The highest BCUT2D eigenvalue weighted by Crippen LogP contribution is 2.38. The Morgan fingerprint density at radius 1 is 1.25 bits per heavy atom. The Morgan fingerprint density at radius 3 is 2.90 bits per heavy atom. The van der Waals surface area contributed by atoms with Crippen molar-refractivity contribution in [2.75, 3.05) is 6.54 Å². The minimum Gasteiger partial charge on any atom is -0.314 e. The van der Waals surface area contributed by atoms with Crippen molar-refractivity contribution in [1.82, 2.24) is 5.32 Å². The van der Waals surface area contributed by atoms with Crippen LogP contribution < -0.4 is 5.32 Å². The lowest BCUT2D eigenvalue weighted by Crippen LogP contribution is -2.36. The van der Waals surface area contributed by atoms with Crippen LogP contribution in [-0.4, -0.2) is 12.6 Å². The molecular weight excluding hydrogens is 262 g/mol. The molecule has 1 aromatic heterocycles. The van der Waals surface area contributed by atoms with Crippen molar-refractivity contribution in [2.24, 2.45) is 0 Å². The van der Waals surface area contributed by atoms with E-state index in [9.17, 15) is 0 Å². The summed E-state index contributed by atoms with van der Waals surface area (Å²) in [5, 5.41) is 6.08. The van der Waals surface area contributed by atoms with Gasteiger partial charge in [0.1, 0.15) is 0 Å². The van der Waals surface area contributed by atoms with Crippen molar-refractivity contribution in [1.29, 1.82) is 0 Å². The van der Waals surface area contributed by atoms with E-state index in [1.54, 1.807) is 10.4 Å². The Labute approximate surface area is 129 Å². The third kappa shape index (κ3) is 4.33. The third-order valence-corrected chi connectivity index (χ3v) is 5.67. The van der Waals surface area contributed by atoms with Gasteiger partial charge in [-0.1, -0.05) is 46.0 Å². The number of unbranched alkanes of at least 4 members (excludes halogenated alkanes) is 4. The van der Waals surface area contributed by atoms with Crippen LogP contribution in [0, 0.1) is 0 Å². The number of rotatable bonds is 9. The number of fused-ring (bicyclic) bond motifs is 1. The van der Waals surface area contributed by atoms with Crippen LogP contribution in [0.4, 0.5) is 0 Å². The number of hydrogen-bond acceptors (Lipinski definition) is 2. The van der Waals surface area contributed by atoms with Gasteiger partial charge in [0.25, 0.3) is 0 Å². The van der Waals surface area contributed by atoms with E-state index in [-0.39, 0.29) is 0 Å². The van der Waals surface area contributed by atoms with Crippen molar-refractivity contribution >= 4 is 11.3 Å². The van der Waals surface area contributed by atoms with E-state index in [1.807, 2.05) is 11.3 Å². The molecule has 0 radical (unpaired) electrons. The van der Waals surface area contributed by atoms with Crippen LogP contribution in [-0.2, 0) is 6.42 Å². The van der Waals surface area contributed by atoms with Crippen molar-refractivity contribution in [3.63, 3.8) is 0 Å². The molecule has 0 saturated heterocycles. The van der Waals surface area contributed by atoms with Gasteiger partial charge < -0.3 is 5.32 Å². The first kappa shape index (κ1) is 16.0. The topological polar surface area (TPSA) is 12.0 Å². The smallest absolute Gasteiger partial charge is 0.0136 e. The first-order valence-electron chi connectivity index (χ1n) is 8.66. The van der Waals surface area contributed by atoms with Gasteiger partial charge in [0, 0.05) is 16.8 Å². The van der Waals surface area contributed by atoms with Crippen LogP contribution >= 0.6 is 11.3 Å². The summed E-state index contributed by atoms with van der Waals surface area (Å²) in [6, 6.07) is 3.10. The fraction of sp³-hybridized carbons (Fsp3) is 0.778. The molecule has 0 bridgehead atoms. The van der Waals surface area contributed by atoms with Gasteiger partial charge in [-0.25, -0.2) is 0 Å². The number of thiophene rings is 1. The standard InChI is InChI=1S/C18H31NS/c1-3-5-6-7-8-11-17(19-4-2)15-10-9-12-18-16(15)13-14-20-18/h13-15,17,19H,3-12H2,1-2H3. The molecule has 0 amide bonds. The monoisotopic (exact) mass is 293 g/mol. The van der Waals surface area contributed by atoms with Gasteiger partial charge in [0.2, 0.25) is 0 Å². The van der Waals surface area contributed by atoms with Crippen LogP contribution in [0.25, 0.3) is 0 Å². The zero-order valence-corrected chi connectivity index (χ0v) is 14.1. The lowest BCUT2D eigenvalue weighted by Gasteiger charge is -2.31. The summed E-state index contributed by atoms with van der Waals surface area (Å²) in [6.45, 7) is 5.65. The SMILES string of the molecule is CCCCCCCC(NCC)C1CCCc2sccc21. The molecule has 1 nitrogen and oxygen atoms in total. The van der Waals surface area contributed by atoms with Crippen LogP contribution in [0.3, 0.4) is 0 Å². The molecule has 1 aliphatic rings. The average molecular weight is 294 g/mol. The van der Waals surface area contributed by atoms with Crippen molar-refractivity contribution in [3.05, 3.63) is 21.9 Å². The fourth-order valence-corrected chi connectivity index (χ4v) is 4.61. The minimum absolute atomic E-state index is 0.704. The number of likely N-dealkylation sites (N-methyl/N-ethyl adjacent to an activating group) is 1. The maximum atomic E-state index is 3.78. The minimum atomic E-state index is 0.704. The van der Waals surface area contributed by atoms with Crippen molar-refractivity contribution in [3.8, 4) is 0 Å². The van der Waals surface area contributed by atoms with Crippen LogP contribution in [0.5, 0.6) is 0 Å². The van der Waals surface area contributed by atoms with E-state index >= 15 is 0 Å². The quantitative estimate of drug-likeness (QED) is 0.592. The molecule has 0 saturated carbocycles. The Balaban J connectivity index is 1.89. The molecule has 0 aromatic carbocycles. The predicted molar refractivity (Wildman–Crippen MR) is 90.8 cm³/mol. The van der Waals surface area contributed by atoms with Gasteiger partial charge in [-0.05, 0) is 49.2 Å². The first-order valence-corrected chi connectivity index (χ1v) is 9.54. The first-order chi connectivity index (χ1) is 9.86. The Hall–Kier alpha value is -0.340. The normalized spacial score (nSPS) is 19.8. The van der Waals surface area contributed by atoms with E-state index in [2.05, 4.69) is 30.6 Å². The lowest BCUT2D eigenvalue weighted by atomic mass is 9.80. The van der Waals surface area contributed by atoms with Gasteiger partial charge >= 0.3 is 0 Å². The van der Waals surface area contributed by atoms with E-state index in [0.717, 1.165) is 12.5 Å². The molecule has 2 unspecified atom stereocenters. The number of nitrogens with one attached hydrogen (secondary N) is 1. The Morgan fingerprint density at radius 2 is 2.10 bits per heavy atom. The summed E-state index contributed by atoms with van der Waals surface area (Å²) in [5.74, 6) is 0.774. The van der Waals surface area contributed by atoms with Crippen molar-refractivity contribution in [2.45, 2.75) is 83.6 Å². The highest BCUT2D eigenvalue weighted by molar-refractivity contribution is 7.10. The summed E-state index contributed by atoms with van der Waals surface area (Å²) in [7, 11) is 0. The zero-order chi connectivity index (χ0) is 14.2. The number of aryl methyl sites for hydroxylation is 1. The van der Waals surface area contributed by atoms with Gasteiger partial charge in [0.15, 0.2) is 0 Å². The van der Waals surface area contributed by atoms with Crippen LogP contribution in [0.1, 0.15) is 81.6 Å². The number of hydrogen-bond donors (Lipinski definition) is 1. The maximum Gasteiger partial charge on any atom is 0.0136 e. The molecule has 2 atom stereocenters. The summed E-state index contributed by atoms with van der Waals surface area (Å²) < 4.78 is 0. The Kier molecular flexibility index (Phi) is 7.09. The van der Waals surface area contributed by atoms with E-state index < -0.39 is 0 Å². The molecule has 1 N–H and O–H groups in total. The molecule has 1 heterocycles. The van der Waals surface area contributed by atoms with Gasteiger partial charge in [0.05, 0.1) is 0 Å². The molecule has 0 aliphatic heterocycles. The van der Waals surface area contributed by atoms with Crippen LogP contribution in [0.15, 0.2) is 11.4 Å². The average Bonchev–Trinajstić information content (AvgIpc) is 2.94. The van der Waals surface area contributed by atoms with E-state index in [4.69, 9.17) is 0 Å². The summed E-state index contributed by atoms with van der Waals surface area (Å²) >= 11 is 1.97. The second-order valence-electron chi connectivity index (χ2n) is 6.16. The molecule has 1 aromatic rings. The lowest BCUT2D eigenvalue weighted by molar-refractivity contribution is 0.368. The largest absolute Gasteiger partial charge is 0.314 e. The molecule has 20 heavy (non-hydrogen) atoms. The van der Waals surface area contributed by atoms with Crippen molar-refractivity contribution < 1.29 is 0 Å². The molecule has 2 rings (SSSR count). The molecule has 1 aliphatic carbocycles. The highest BCUT2D eigenvalue weighted by atomic mass is 32.1. The summed E-state index contributed by atoms with van der Waals surface area (Å²) in [4.78, 5) is 1.66. The second-order valence-corrected chi connectivity index (χ2v) is 7.17. The molecular formula is C18H31NS.